The predicted octanol–water partition coefficient (Wildman–Crippen LogP) is 4.22. The van der Waals surface area contributed by atoms with Gasteiger partial charge in [0.1, 0.15) is 5.75 Å². The first kappa shape index (κ1) is 20.9. The average molecular weight is 470 g/mol. The number of hydrogen-bond donors (Lipinski definition) is 2. The minimum absolute atomic E-state index is 0.0437. The number of anilines is 2. The number of para-hydroxylation sites is 1. The molecule has 0 aliphatic rings. The lowest BCUT2D eigenvalue weighted by Gasteiger charge is -2.09. The van der Waals surface area contributed by atoms with Gasteiger partial charge in [0.25, 0.3) is 5.91 Å². The summed E-state index contributed by atoms with van der Waals surface area (Å²) in [4.78, 5) is 26.3. The number of pyridine rings is 1. The van der Waals surface area contributed by atoms with E-state index >= 15 is 0 Å². The van der Waals surface area contributed by atoms with E-state index in [2.05, 4.69) is 36.8 Å². The van der Waals surface area contributed by atoms with E-state index in [1.807, 2.05) is 18.2 Å². The van der Waals surface area contributed by atoms with Crippen LogP contribution in [0.4, 0.5) is 17.2 Å². The molecule has 0 aliphatic heterocycles. The lowest BCUT2D eigenvalue weighted by Crippen LogP contribution is -2.20. The molecule has 9 nitrogen and oxygen atoms in total. The van der Waals surface area contributed by atoms with E-state index in [4.69, 9.17) is 4.74 Å². The number of carbonyl (C=O) groups is 1. The Bertz CT molecular complexity index is 1080. The number of hydrogen-bond acceptors (Lipinski definition) is 7. The van der Waals surface area contributed by atoms with E-state index in [9.17, 15) is 14.9 Å². The van der Waals surface area contributed by atoms with Gasteiger partial charge in [0.05, 0.1) is 15.6 Å². The summed E-state index contributed by atoms with van der Waals surface area (Å²) in [5.41, 5.74) is 3.78. The molecule has 152 valence electrons. The highest BCUT2D eigenvalue weighted by Gasteiger charge is 2.13. The molecular weight excluding hydrogens is 454 g/mol. The van der Waals surface area contributed by atoms with E-state index in [1.54, 1.807) is 30.3 Å². The molecule has 0 bridgehead atoms. The number of halogens is 1. The fourth-order valence-electron chi connectivity index (χ4n) is 2.37. The Morgan fingerprint density at radius 2 is 2.00 bits per heavy atom. The van der Waals surface area contributed by atoms with Crippen molar-refractivity contribution >= 4 is 45.2 Å². The van der Waals surface area contributed by atoms with Crippen molar-refractivity contribution in [2.24, 2.45) is 5.10 Å². The topological polar surface area (TPSA) is 119 Å². The summed E-state index contributed by atoms with van der Waals surface area (Å²) in [5, 5.41) is 17.7. The molecule has 1 heterocycles. The van der Waals surface area contributed by atoms with Gasteiger partial charge in [0, 0.05) is 18.0 Å². The van der Waals surface area contributed by atoms with E-state index in [-0.39, 0.29) is 24.0 Å². The Kier molecular flexibility index (Phi) is 7.06. The monoisotopic (exact) mass is 469 g/mol. The first-order valence-electron chi connectivity index (χ1n) is 8.68. The van der Waals surface area contributed by atoms with Crippen LogP contribution in [0.15, 0.2) is 76.4 Å². The Labute approximate surface area is 180 Å². The third-order valence-electron chi connectivity index (χ3n) is 3.74. The molecule has 1 amide bonds. The molecule has 0 fully saturated rings. The van der Waals surface area contributed by atoms with Crippen LogP contribution in [0.5, 0.6) is 5.75 Å². The molecule has 1 aromatic heterocycles. The van der Waals surface area contributed by atoms with Crippen molar-refractivity contribution in [3.05, 3.63) is 87.0 Å². The Morgan fingerprint density at radius 1 is 1.20 bits per heavy atom. The molecule has 30 heavy (non-hydrogen) atoms. The molecule has 2 aromatic carbocycles. The molecule has 0 atom stereocenters. The number of aromatic nitrogens is 1. The van der Waals surface area contributed by atoms with Crippen LogP contribution in [0.25, 0.3) is 0 Å². The predicted molar refractivity (Wildman–Crippen MR) is 117 cm³/mol. The van der Waals surface area contributed by atoms with Crippen molar-refractivity contribution in [1.29, 1.82) is 0 Å². The van der Waals surface area contributed by atoms with Crippen LogP contribution < -0.4 is 15.5 Å². The standard InChI is InChI=1S/C20H16BrN5O4/c21-16-11-14(12-23-25-20-17(26(28)29)7-4-10-22-20)8-9-18(16)30-13-19(27)24-15-5-2-1-3-6-15/h1-12H,13H2,(H,22,25)(H,24,27)/b23-12-. The van der Waals surface area contributed by atoms with Gasteiger partial charge in [-0.1, -0.05) is 18.2 Å². The van der Waals surface area contributed by atoms with Gasteiger partial charge in [-0.2, -0.15) is 5.10 Å². The highest BCUT2D eigenvalue weighted by molar-refractivity contribution is 9.10. The first-order chi connectivity index (χ1) is 14.5. The van der Waals surface area contributed by atoms with Crippen molar-refractivity contribution < 1.29 is 14.5 Å². The minimum atomic E-state index is -0.540. The normalized spacial score (nSPS) is 10.6. The van der Waals surface area contributed by atoms with Crippen LogP contribution in [-0.4, -0.2) is 28.6 Å². The Morgan fingerprint density at radius 3 is 2.73 bits per heavy atom. The van der Waals surface area contributed by atoms with Crippen molar-refractivity contribution in [2.75, 3.05) is 17.3 Å². The molecule has 0 spiro atoms. The van der Waals surface area contributed by atoms with Gasteiger partial charge in [0.2, 0.25) is 5.82 Å². The number of rotatable bonds is 8. The summed E-state index contributed by atoms with van der Waals surface area (Å²) in [6.07, 6.45) is 2.91. The van der Waals surface area contributed by atoms with Crippen molar-refractivity contribution in [1.82, 2.24) is 4.98 Å². The van der Waals surface area contributed by atoms with Crippen molar-refractivity contribution in [3.8, 4) is 5.75 Å². The zero-order valence-electron chi connectivity index (χ0n) is 15.5. The second-order valence-corrected chi connectivity index (χ2v) is 6.75. The van der Waals surface area contributed by atoms with Crippen LogP contribution in [0.2, 0.25) is 0 Å². The highest BCUT2D eigenvalue weighted by atomic mass is 79.9. The van der Waals surface area contributed by atoms with E-state index < -0.39 is 4.92 Å². The summed E-state index contributed by atoms with van der Waals surface area (Å²) >= 11 is 3.39. The van der Waals surface area contributed by atoms with Gasteiger partial charge < -0.3 is 10.1 Å². The van der Waals surface area contributed by atoms with Crippen LogP contribution in [0.3, 0.4) is 0 Å². The largest absolute Gasteiger partial charge is 0.483 e. The van der Waals surface area contributed by atoms with Gasteiger partial charge in [-0.25, -0.2) is 4.98 Å². The molecule has 0 radical (unpaired) electrons. The Hall–Kier alpha value is -3.79. The molecular formula is C20H16BrN5O4. The van der Waals surface area contributed by atoms with E-state index in [1.165, 1.54) is 24.5 Å². The SMILES string of the molecule is O=C(COc1ccc(/C=N\Nc2ncccc2[N+](=O)[O-])cc1Br)Nc1ccccc1. The fourth-order valence-corrected chi connectivity index (χ4v) is 2.89. The smallest absolute Gasteiger partial charge is 0.313 e. The number of carbonyl (C=O) groups excluding carboxylic acids is 1. The number of ether oxygens (including phenoxy) is 1. The number of nitrogens with zero attached hydrogens (tertiary/aromatic N) is 3. The lowest BCUT2D eigenvalue weighted by atomic mass is 10.2. The van der Waals surface area contributed by atoms with Crippen LogP contribution >= 0.6 is 15.9 Å². The molecule has 0 aliphatic carbocycles. The molecule has 3 aromatic rings. The van der Waals surface area contributed by atoms with E-state index in [0.29, 0.717) is 21.5 Å². The van der Waals surface area contributed by atoms with Crippen LogP contribution in [0, 0.1) is 10.1 Å². The van der Waals surface area contributed by atoms with Gasteiger partial charge >= 0.3 is 5.69 Å². The second-order valence-electron chi connectivity index (χ2n) is 5.89. The van der Waals surface area contributed by atoms with Crippen molar-refractivity contribution in [3.63, 3.8) is 0 Å². The summed E-state index contributed by atoms with van der Waals surface area (Å²) in [5.74, 6) is 0.255. The summed E-state index contributed by atoms with van der Waals surface area (Å²) in [6.45, 7) is -0.147. The number of nitro groups is 1. The average Bonchev–Trinajstić information content (AvgIpc) is 2.74. The molecule has 0 saturated carbocycles. The lowest BCUT2D eigenvalue weighted by molar-refractivity contribution is -0.384. The molecule has 0 saturated heterocycles. The van der Waals surface area contributed by atoms with Crippen molar-refractivity contribution in [2.45, 2.75) is 0 Å². The second kappa shape index (κ2) is 10.1. The van der Waals surface area contributed by atoms with Gasteiger partial charge in [-0.05, 0) is 57.9 Å². The number of amides is 1. The number of nitrogens with one attached hydrogen (secondary N) is 2. The third-order valence-corrected chi connectivity index (χ3v) is 4.36. The quantitative estimate of drug-likeness (QED) is 0.289. The third kappa shape index (κ3) is 5.85. The molecule has 0 unspecified atom stereocenters. The maximum atomic E-state index is 12.0. The number of hydrazone groups is 1. The van der Waals surface area contributed by atoms with Gasteiger partial charge in [-0.15, -0.1) is 0 Å². The zero-order valence-corrected chi connectivity index (χ0v) is 17.1. The van der Waals surface area contributed by atoms with E-state index in [0.717, 1.165) is 0 Å². The van der Waals surface area contributed by atoms with Gasteiger partial charge in [-0.3, -0.25) is 20.3 Å². The molecule has 2 N–H and O–H groups in total. The fraction of sp³-hybridized carbons (Fsp3) is 0.0500. The molecule has 3 rings (SSSR count). The highest BCUT2D eigenvalue weighted by Crippen LogP contribution is 2.26. The summed E-state index contributed by atoms with van der Waals surface area (Å²) in [6, 6.07) is 17.1. The maximum absolute atomic E-state index is 12.0. The van der Waals surface area contributed by atoms with Crippen LogP contribution in [-0.2, 0) is 4.79 Å². The zero-order chi connectivity index (χ0) is 21.3. The molecule has 10 heteroatoms. The first-order valence-corrected chi connectivity index (χ1v) is 9.48. The van der Waals surface area contributed by atoms with Crippen LogP contribution in [0.1, 0.15) is 5.56 Å². The summed E-state index contributed by atoms with van der Waals surface area (Å²) < 4.78 is 6.17. The number of benzene rings is 2. The maximum Gasteiger partial charge on any atom is 0.313 e. The Balaban J connectivity index is 1.57. The summed E-state index contributed by atoms with van der Waals surface area (Å²) in [7, 11) is 0. The minimum Gasteiger partial charge on any atom is -0.483 e. The van der Waals surface area contributed by atoms with Gasteiger partial charge in [0.15, 0.2) is 6.61 Å².